The Labute approximate surface area is 133 Å². The lowest BCUT2D eigenvalue weighted by Gasteiger charge is -2.07. The number of hydrogen-bond acceptors (Lipinski definition) is 3. The normalized spacial score (nSPS) is 9.86. The summed E-state index contributed by atoms with van der Waals surface area (Å²) in [7, 11) is 0. The van der Waals surface area contributed by atoms with Crippen LogP contribution >= 0.6 is 11.3 Å². The van der Waals surface area contributed by atoms with Gasteiger partial charge in [0.15, 0.2) is 0 Å². The van der Waals surface area contributed by atoms with Crippen molar-refractivity contribution in [1.29, 1.82) is 0 Å². The van der Waals surface area contributed by atoms with Crippen LogP contribution in [-0.2, 0) is 0 Å². The molecule has 0 fully saturated rings. The highest BCUT2D eigenvalue weighted by Gasteiger charge is 2.08. The fraction of sp³-hybridized carbons (Fsp3) is 0.125. The highest BCUT2D eigenvalue weighted by molar-refractivity contribution is 7.14. The summed E-state index contributed by atoms with van der Waals surface area (Å²) in [6.07, 6.45) is 1.60. The highest BCUT2D eigenvalue weighted by Crippen LogP contribution is 2.18. The van der Waals surface area contributed by atoms with Gasteiger partial charge in [0.25, 0.3) is 5.91 Å². The molecule has 2 rings (SSSR count). The minimum atomic E-state index is -0.300. The third kappa shape index (κ3) is 4.46. The van der Waals surface area contributed by atoms with Gasteiger partial charge in [0.2, 0.25) is 0 Å². The van der Waals surface area contributed by atoms with Crippen molar-refractivity contribution in [3.63, 3.8) is 0 Å². The van der Waals surface area contributed by atoms with Crippen LogP contribution in [0.5, 0.6) is 0 Å². The number of aryl methyl sites for hydroxylation is 1. The number of rotatable bonds is 5. The molecule has 22 heavy (non-hydrogen) atoms. The van der Waals surface area contributed by atoms with E-state index in [4.69, 9.17) is 0 Å². The summed E-state index contributed by atoms with van der Waals surface area (Å²) in [6.45, 7) is 5.88. The van der Waals surface area contributed by atoms with E-state index in [-0.39, 0.29) is 11.9 Å². The maximum atomic E-state index is 12.0. The summed E-state index contributed by atoms with van der Waals surface area (Å²) in [4.78, 5) is 25.3. The zero-order valence-corrected chi connectivity index (χ0v) is 13.0. The first kappa shape index (κ1) is 15.8. The lowest BCUT2D eigenvalue weighted by atomic mass is 10.2. The number of nitrogens with one attached hydrogen (secondary N) is 3. The van der Waals surface area contributed by atoms with Crippen molar-refractivity contribution in [2.75, 3.05) is 17.2 Å². The van der Waals surface area contributed by atoms with E-state index in [9.17, 15) is 9.59 Å². The van der Waals surface area contributed by atoms with Gasteiger partial charge in [-0.2, -0.15) is 0 Å². The summed E-state index contributed by atoms with van der Waals surface area (Å²) in [6, 6.07) is 10.3. The van der Waals surface area contributed by atoms with Crippen LogP contribution in [0.3, 0.4) is 0 Å². The molecular formula is C16H17N3O2S. The molecule has 0 aliphatic heterocycles. The van der Waals surface area contributed by atoms with Crippen molar-refractivity contribution in [3.8, 4) is 0 Å². The van der Waals surface area contributed by atoms with Crippen molar-refractivity contribution in [2.24, 2.45) is 0 Å². The number of carbonyl (C=O) groups is 2. The van der Waals surface area contributed by atoms with E-state index in [1.165, 1.54) is 11.3 Å². The quantitative estimate of drug-likeness (QED) is 0.738. The maximum Gasteiger partial charge on any atom is 0.319 e. The topological polar surface area (TPSA) is 70.2 Å². The molecule has 0 aliphatic rings. The molecule has 3 amide bonds. The molecule has 0 radical (unpaired) electrons. The van der Waals surface area contributed by atoms with E-state index in [1.54, 1.807) is 36.4 Å². The van der Waals surface area contributed by atoms with Crippen molar-refractivity contribution in [1.82, 2.24) is 5.32 Å². The second-order valence-corrected chi connectivity index (χ2v) is 5.85. The van der Waals surface area contributed by atoms with Gasteiger partial charge in [0, 0.05) is 22.8 Å². The summed E-state index contributed by atoms with van der Waals surface area (Å²) >= 11 is 1.45. The molecule has 0 unspecified atom stereocenters. The lowest BCUT2D eigenvalue weighted by Crippen LogP contribution is -2.28. The molecule has 1 aromatic heterocycles. The standard InChI is InChI=1S/C16H17N3O2S/c1-3-10-17-16(21)19-13-7-5-12(6-8-13)18-15(20)14-9-4-11(2)22-14/h3-9H,1,10H2,2H3,(H,18,20)(H2,17,19,21). The Bertz CT molecular complexity index is 677. The molecule has 0 aliphatic carbocycles. The molecule has 5 nitrogen and oxygen atoms in total. The Morgan fingerprint density at radius 2 is 1.73 bits per heavy atom. The van der Waals surface area contributed by atoms with Gasteiger partial charge in [0.05, 0.1) is 4.88 Å². The van der Waals surface area contributed by atoms with E-state index >= 15 is 0 Å². The zero-order chi connectivity index (χ0) is 15.9. The average Bonchev–Trinajstić information content (AvgIpc) is 2.94. The van der Waals surface area contributed by atoms with Gasteiger partial charge in [-0.25, -0.2) is 4.79 Å². The van der Waals surface area contributed by atoms with Gasteiger partial charge in [-0.05, 0) is 43.3 Å². The molecule has 0 spiro atoms. The predicted molar refractivity (Wildman–Crippen MR) is 90.7 cm³/mol. The van der Waals surface area contributed by atoms with Crippen molar-refractivity contribution >= 4 is 34.6 Å². The Hall–Kier alpha value is -2.60. The van der Waals surface area contributed by atoms with Crippen LogP contribution in [0.1, 0.15) is 14.5 Å². The minimum absolute atomic E-state index is 0.137. The van der Waals surface area contributed by atoms with Crippen molar-refractivity contribution in [3.05, 3.63) is 58.8 Å². The van der Waals surface area contributed by atoms with E-state index in [1.807, 2.05) is 13.0 Å². The first-order valence-corrected chi connectivity index (χ1v) is 7.54. The first-order valence-electron chi connectivity index (χ1n) is 6.72. The third-order valence-electron chi connectivity index (χ3n) is 2.77. The average molecular weight is 315 g/mol. The van der Waals surface area contributed by atoms with Gasteiger partial charge in [0.1, 0.15) is 0 Å². The third-order valence-corrected chi connectivity index (χ3v) is 3.77. The molecule has 1 aromatic carbocycles. The highest BCUT2D eigenvalue weighted by atomic mass is 32.1. The zero-order valence-electron chi connectivity index (χ0n) is 12.2. The number of amides is 3. The molecule has 2 aromatic rings. The molecule has 114 valence electrons. The summed E-state index contributed by atoms with van der Waals surface area (Å²) in [5, 5.41) is 8.12. The Balaban J connectivity index is 1.93. The van der Waals surface area contributed by atoms with Crippen LogP contribution in [0.15, 0.2) is 49.1 Å². The van der Waals surface area contributed by atoms with Gasteiger partial charge in [-0.3, -0.25) is 4.79 Å². The molecule has 0 saturated carbocycles. The fourth-order valence-corrected chi connectivity index (χ4v) is 2.49. The van der Waals surface area contributed by atoms with Gasteiger partial charge in [-0.15, -0.1) is 17.9 Å². The SMILES string of the molecule is C=CCNC(=O)Nc1ccc(NC(=O)c2ccc(C)s2)cc1. The van der Waals surface area contributed by atoms with E-state index in [2.05, 4.69) is 22.5 Å². The second kappa shape index (κ2) is 7.42. The van der Waals surface area contributed by atoms with Crippen LogP contribution in [0.2, 0.25) is 0 Å². The molecular weight excluding hydrogens is 298 g/mol. The maximum absolute atomic E-state index is 12.0. The number of carbonyl (C=O) groups excluding carboxylic acids is 2. The lowest BCUT2D eigenvalue weighted by molar-refractivity contribution is 0.103. The number of benzene rings is 1. The van der Waals surface area contributed by atoms with E-state index in [0.29, 0.717) is 22.8 Å². The van der Waals surface area contributed by atoms with Crippen LogP contribution in [-0.4, -0.2) is 18.5 Å². The number of thiophene rings is 1. The van der Waals surface area contributed by atoms with E-state index < -0.39 is 0 Å². The van der Waals surface area contributed by atoms with Gasteiger partial charge in [-0.1, -0.05) is 6.08 Å². The van der Waals surface area contributed by atoms with Gasteiger partial charge < -0.3 is 16.0 Å². The second-order valence-electron chi connectivity index (χ2n) is 4.57. The number of urea groups is 1. The van der Waals surface area contributed by atoms with Crippen LogP contribution in [0.4, 0.5) is 16.2 Å². The molecule has 0 atom stereocenters. The van der Waals surface area contributed by atoms with Crippen LogP contribution < -0.4 is 16.0 Å². The molecule has 3 N–H and O–H groups in total. The molecule has 1 heterocycles. The van der Waals surface area contributed by atoms with Crippen molar-refractivity contribution in [2.45, 2.75) is 6.92 Å². The largest absolute Gasteiger partial charge is 0.334 e. The Kier molecular flexibility index (Phi) is 5.32. The molecule has 0 saturated heterocycles. The van der Waals surface area contributed by atoms with Crippen LogP contribution in [0.25, 0.3) is 0 Å². The summed E-state index contributed by atoms with van der Waals surface area (Å²) in [5.41, 5.74) is 1.32. The monoisotopic (exact) mass is 315 g/mol. The minimum Gasteiger partial charge on any atom is -0.334 e. The smallest absolute Gasteiger partial charge is 0.319 e. The van der Waals surface area contributed by atoms with E-state index in [0.717, 1.165) is 4.88 Å². The molecule has 0 bridgehead atoms. The van der Waals surface area contributed by atoms with Gasteiger partial charge >= 0.3 is 6.03 Å². The summed E-state index contributed by atoms with van der Waals surface area (Å²) < 4.78 is 0. The number of hydrogen-bond donors (Lipinski definition) is 3. The first-order chi connectivity index (χ1) is 10.6. The Morgan fingerprint density at radius 3 is 2.27 bits per heavy atom. The van der Waals surface area contributed by atoms with Crippen LogP contribution in [0, 0.1) is 6.92 Å². The molecule has 6 heteroatoms. The summed E-state index contributed by atoms with van der Waals surface area (Å²) in [5.74, 6) is -0.137. The Morgan fingerprint density at radius 1 is 1.09 bits per heavy atom. The number of anilines is 2. The fourth-order valence-electron chi connectivity index (χ4n) is 1.73. The predicted octanol–water partition coefficient (Wildman–Crippen LogP) is 3.62. The van der Waals surface area contributed by atoms with Crippen molar-refractivity contribution < 1.29 is 9.59 Å².